The third kappa shape index (κ3) is 4.51. The predicted molar refractivity (Wildman–Crippen MR) is 97.9 cm³/mol. The van der Waals surface area contributed by atoms with Gasteiger partial charge in [-0.05, 0) is 62.3 Å². The molecule has 0 saturated heterocycles. The van der Waals surface area contributed by atoms with Gasteiger partial charge in [0.15, 0.2) is 0 Å². The maximum absolute atomic E-state index is 13.1. The molecule has 24 heavy (non-hydrogen) atoms. The third-order valence-electron chi connectivity index (χ3n) is 4.19. The summed E-state index contributed by atoms with van der Waals surface area (Å²) in [6.07, 6.45) is 1.74. The molecule has 1 aliphatic heterocycles. The molecular weight excluding hydrogens is 322 g/mol. The van der Waals surface area contributed by atoms with Crippen LogP contribution in [-0.2, 0) is 16.4 Å². The Labute approximate surface area is 147 Å². The molecular formula is C19H31NO3S. The molecule has 0 saturated carbocycles. The second-order valence-corrected chi connectivity index (χ2v) is 10.2. The number of ether oxygens (including phenoxy) is 1. The van der Waals surface area contributed by atoms with E-state index < -0.39 is 10.0 Å². The first-order valence-electron chi connectivity index (χ1n) is 8.83. The zero-order valence-electron chi connectivity index (χ0n) is 15.8. The van der Waals surface area contributed by atoms with Crippen LogP contribution in [0.1, 0.15) is 53.5 Å². The van der Waals surface area contributed by atoms with Crippen LogP contribution < -0.4 is 4.74 Å². The van der Waals surface area contributed by atoms with E-state index in [0.717, 1.165) is 24.2 Å². The van der Waals surface area contributed by atoms with Gasteiger partial charge in [-0.2, -0.15) is 4.31 Å². The molecule has 5 heteroatoms. The normalized spacial score (nSPS) is 17.2. The van der Waals surface area contributed by atoms with Gasteiger partial charge < -0.3 is 4.74 Å². The fourth-order valence-electron chi connectivity index (χ4n) is 3.03. The summed E-state index contributed by atoms with van der Waals surface area (Å²) in [5.41, 5.74) is 0.804. The highest BCUT2D eigenvalue weighted by atomic mass is 32.2. The molecule has 1 aliphatic rings. The quantitative estimate of drug-likeness (QED) is 0.774. The molecule has 1 heterocycles. The second-order valence-electron chi connectivity index (χ2n) is 8.24. The van der Waals surface area contributed by atoms with Crippen LogP contribution in [0, 0.1) is 11.8 Å². The minimum absolute atomic E-state index is 0.186. The lowest BCUT2D eigenvalue weighted by Crippen LogP contribution is -2.37. The van der Waals surface area contributed by atoms with Crippen molar-refractivity contribution in [1.29, 1.82) is 0 Å². The lowest BCUT2D eigenvalue weighted by atomic mass is 9.94. The Balaban J connectivity index is 2.34. The van der Waals surface area contributed by atoms with Gasteiger partial charge in [0.25, 0.3) is 0 Å². The average Bonchev–Trinajstić information content (AvgIpc) is 2.44. The van der Waals surface area contributed by atoms with Gasteiger partial charge in [0.2, 0.25) is 10.0 Å². The number of hydrogen-bond acceptors (Lipinski definition) is 3. The summed E-state index contributed by atoms with van der Waals surface area (Å²) in [4.78, 5) is 0.380. The highest BCUT2D eigenvalue weighted by Gasteiger charge is 2.30. The van der Waals surface area contributed by atoms with Crippen LogP contribution in [0.2, 0.25) is 0 Å². The summed E-state index contributed by atoms with van der Waals surface area (Å²) < 4.78 is 33.8. The zero-order valence-corrected chi connectivity index (χ0v) is 16.6. The molecule has 0 amide bonds. The van der Waals surface area contributed by atoms with E-state index in [9.17, 15) is 8.42 Å². The predicted octanol–water partition coefficient (Wildman–Crippen LogP) is 4.09. The van der Waals surface area contributed by atoms with E-state index in [1.807, 2.05) is 33.8 Å². The Kier molecular flexibility index (Phi) is 5.65. The van der Waals surface area contributed by atoms with Crippen LogP contribution in [0.4, 0.5) is 0 Å². The molecule has 2 rings (SSSR count). The Hall–Kier alpha value is -1.07. The minimum Gasteiger partial charge on any atom is -0.488 e. The first-order valence-corrected chi connectivity index (χ1v) is 10.3. The van der Waals surface area contributed by atoms with Gasteiger partial charge in [-0.3, -0.25) is 0 Å². The Morgan fingerprint density at radius 3 is 2.25 bits per heavy atom. The third-order valence-corrected chi connectivity index (χ3v) is 6.02. The Morgan fingerprint density at radius 1 is 1.12 bits per heavy atom. The molecule has 4 nitrogen and oxygen atoms in total. The SMILES string of the molecule is CC(C)CN(CC(C)C)S(=O)(=O)c1ccc2c(c1)CCC(C)(C)O2. The van der Waals surface area contributed by atoms with E-state index in [0.29, 0.717) is 29.8 Å². The first kappa shape index (κ1) is 19.3. The van der Waals surface area contributed by atoms with Crippen molar-refractivity contribution in [2.24, 2.45) is 11.8 Å². The van der Waals surface area contributed by atoms with E-state index in [2.05, 4.69) is 13.8 Å². The van der Waals surface area contributed by atoms with Crippen LogP contribution in [0.15, 0.2) is 23.1 Å². The van der Waals surface area contributed by atoms with Gasteiger partial charge in [0.05, 0.1) is 4.90 Å². The van der Waals surface area contributed by atoms with Crippen molar-refractivity contribution in [3.8, 4) is 5.75 Å². The molecule has 0 N–H and O–H groups in total. The van der Waals surface area contributed by atoms with Crippen molar-refractivity contribution in [3.05, 3.63) is 23.8 Å². The molecule has 0 radical (unpaired) electrons. The maximum Gasteiger partial charge on any atom is 0.243 e. The summed E-state index contributed by atoms with van der Waals surface area (Å²) >= 11 is 0. The molecule has 0 fully saturated rings. The summed E-state index contributed by atoms with van der Waals surface area (Å²) in [5.74, 6) is 1.39. The summed E-state index contributed by atoms with van der Waals surface area (Å²) in [7, 11) is -3.48. The van der Waals surface area contributed by atoms with Crippen molar-refractivity contribution in [1.82, 2.24) is 4.31 Å². The molecule has 0 bridgehead atoms. The lowest BCUT2D eigenvalue weighted by Gasteiger charge is -2.33. The fraction of sp³-hybridized carbons (Fsp3) is 0.684. The zero-order chi connectivity index (χ0) is 18.1. The summed E-state index contributed by atoms with van der Waals surface area (Å²) in [5, 5.41) is 0. The topological polar surface area (TPSA) is 46.6 Å². The standard InChI is InChI=1S/C19H31NO3S/c1-14(2)12-20(13-15(3)4)24(21,22)17-7-8-18-16(11-17)9-10-19(5,6)23-18/h7-8,11,14-15H,9-10,12-13H2,1-6H3. The first-order chi connectivity index (χ1) is 11.0. The van der Waals surface area contributed by atoms with Gasteiger partial charge in [0.1, 0.15) is 11.4 Å². The van der Waals surface area contributed by atoms with Crippen LogP contribution in [-0.4, -0.2) is 31.4 Å². The van der Waals surface area contributed by atoms with Crippen LogP contribution in [0.3, 0.4) is 0 Å². The van der Waals surface area contributed by atoms with Crippen LogP contribution in [0.5, 0.6) is 5.75 Å². The van der Waals surface area contributed by atoms with Crippen molar-refractivity contribution >= 4 is 10.0 Å². The number of rotatable bonds is 6. The van der Waals surface area contributed by atoms with E-state index in [1.54, 1.807) is 16.4 Å². The van der Waals surface area contributed by atoms with Crippen LogP contribution >= 0.6 is 0 Å². The van der Waals surface area contributed by atoms with E-state index in [-0.39, 0.29) is 5.60 Å². The monoisotopic (exact) mass is 353 g/mol. The number of hydrogen-bond donors (Lipinski definition) is 0. The Bertz CT molecular complexity index is 668. The van der Waals surface area contributed by atoms with E-state index in [1.165, 1.54) is 0 Å². The van der Waals surface area contributed by atoms with Gasteiger partial charge in [-0.1, -0.05) is 27.7 Å². The van der Waals surface area contributed by atoms with Crippen molar-refractivity contribution in [2.75, 3.05) is 13.1 Å². The number of aryl methyl sites for hydroxylation is 1. The van der Waals surface area contributed by atoms with E-state index >= 15 is 0 Å². The van der Waals surface area contributed by atoms with Gasteiger partial charge >= 0.3 is 0 Å². The molecule has 136 valence electrons. The number of nitrogens with zero attached hydrogens (tertiary/aromatic N) is 1. The Morgan fingerprint density at radius 2 is 1.71 bits per heavy atom. The summed E-state index contributed by atoms with van der Waals surface area (Å²) in [6, 6.07) is 5.29. The second kappa shape index (κ2) is 7.04. The van der Waals surface area contributed by atoms with Crippen molar-refractivity contribution in [2.45, 2.75) is 64.9 Å². The number of sulfonamides is 1. The molecule has 1 aromatic rings. The number of benzene rings is 1. The van der Waals surface area contributed by atoms with Gasteiger partial charge in [-0.25, -0.2) is 8.42 Å². The average molecular weight is 354 g/mol. The maximum atomic E-state index is 13.1. The smallest absolute Gasteiger partial charge is 0.243 e. The largest absolute Gasteiger partial charge is 0.488 e. The number of fused-ring (bicyclic) bond motifs is 1. The highest BCUT2D eigenvalue weighted by Crippen LogP contribution is 2.35. The van der Waals surface area contributed by atoms with Gasteiger partial charge in [0, 0.05) is 13.1 Å². The van der Waals surface area contributed by atoms with Gasteiger partial charge in [-0.15, -0.1) is 0 Å². The molecule has 0 atom stereocenters. The molecule has 0 spiro atoms. The van der Waals surface area contributed by atoms with Crippen molar-refractivity contribution in [3.63, 3.8) is 0 Å². The van der Waals surface area contributed by atoms with Crippen molar-refractivity contribution < 1.29 is 13.2 Å². The fourth-order valence-corrected chi connectivity index (χ4v) is 4.85. The highest BCUT2D eigenvalue weighted by molar-refractivity contribution is 7.89. The molecule has 1 aromatic carbocycles. The van der Waals surface area contributed by atoms with Crippen LogP contribution in [0.25, 0.3) is 0 Å². The summed E-state index contributed by atoms with van der Waals surface area (Å²) in [6.45, 7) is 13.4. The molecule has 0 aliphatic carbocycles. The minimum atomic E-state index is -3.48. The van der Waals surface area contributed by atoms with E-state index in [4.69, 9.17) is 4.74 Å². The molecule has 0 unspecified atom stereocenters. The lowest BCUT2D eigenvalue weighted by molar-refractivity contribution is 0.0845. The molecule has 0 aromatic heterocycles.